The fourth-order valence-electron chi connectivity index (χ4n) is 1.81. The van der Waals surface area contributed by atoms with Gasteiger partial charge in [0.2, 0.25) is 0 Å². The second kappa shape index (κ2) is 3.41. The molecule has 16 heavy (non-hydrogen) atoms. The van der Waals surface area contributed by atoms with Gasteiger partial charge < -0.3 is 0 Å². The van der Waals surface area contributed by atoms with E-state index in [1.165, 1.54) is 5.01 Å². The van der Waals surface area contributed by atoms with Crippen molar-refractivity contribution in [3.05, 3.63) is 36.5 Å². The van der Waals surface area contributed by atoms with Crippen LogP contribution in [0.2, 0.25) is 0 Å². The van der Waals surface area contributed by atoms with Gasteiger partial charge in [0.25, 0.3) is 5.91 Å². The lowest BCUT2D eigenvalue weighted by Crippen LogP contribution is -2.19. The Kier molecular flexibility index (Phi) is 1.93. The Labute approximate surface area is 92.2 Å². The Morgan fingerprint density at radius 1 is 1.19 bits per heavy atom. The molecule has 0 fully saturated rings. The zero-order valence-electron chi connectivity index (χ0n) is 8.50. The van der Waals surface area contributed by atoms with Gasteiger partial charge in [0.05, 0.1) is 17.6 Å². The van der Waals surface area contributed by atoms with Crippen molar-refractivity contribution >= 4 is 28.7 Å². The van der Waals surface area contributed by atoms with Crippen LogP contribution in [0.1, 0.15) is 6.42 Å². The lowest BCUT2D eigenvalue weighted by atomic mass is 10.2. The molecule has 0 unspecified atom stereocenters. The number of nitrogens with zero attached hydrogens (tertiary/aromatic N) is 3. The first kappa shape index (κ1) is 9.03. The molecule has 0 spiro atoms. The number of amides is 1. The van der Waals surface area contributed by atoms with Crippen molar-refractivity contribution in [2.75, 3.05) is 5.01 Å². The van der Waals surface area contributed by atoms with Crippen LogP contribution in [0.5, 0.6) is 0 Å². The van der Waals surface area contributed by atoms with Crippen molar-refractivity contribution in [1.82, 2.24) is 4.98 Å². The predicted molar refractivity (Wildman–Crippen MR) is 62.3 cm³/mol. The summed E-state index contributed by atoms with van der Waals surface area (Å²) in [5.74, 6) is -0.0156. The summed E-state index contributed by atoms with van der Waals surface area (Å²) in [6, 6.07) is 9.57. The summed E-state index contributed by atoms with van der Waals surface area (Å²) in [5, 5.41) is 6.48. The van der Waals surface area contributed by atoms with Crippen molar-refractivity contribution in [2.24, 2.45) is 5.10 Å². The zero-order valence-corrected chi connectivity index (χ0v) is 8.50. The highest BCUT2D eigenvalue weighted by atomic mass is 16.2. The van der Waals surface area contributed by atoms with Gasteiger partial charge in [-0.25, -0.2) is 0 Å². The molecule has 0 atom stereocenters. The molecule has 3 rings (SSSR count). The summed E-state index contributed by atoms with van der Waals surface area (Å²) in [4.78, 5) is 15.9. The molecule has 1 aromatic heterocycles. The van der Waals surface area contributed by atoms with Gasteiger partial charge in [0, 0.05) is 17.8 Å². The highest BCUT2D eigenvalue weighted by molar-refractivity contribution is 6.09. The number of fused-ring (bicyclic) bond motifs is 1. The fraction of sp³-hybridized carbons (Fsp3) is 0.0833. The SMILES string of the molecule is O=C1CC=NN1c1cccc2cccnc12. The topological polar surface area (TPSA) is 45.6 Å². The standard InChI is InChI=1S/C12H9N3O/c16-11-6-8-14-15(11)10-5-1-3-9-4-2-7-13-12(9)10/h1-5,7-8H,6H2. The van der Waals surface area contributed by atoms with Crippen molar-refractivity contribution < 1.29 is 4.79 Å². The van der Waals surface area contributed by atoms with Gasteiger partial charge >= 0.3 is 0 Å². The third-order valence-electron chi connectivity index (χ3n) is 2.54. The maximum absolute atomic E-state index is 11.6. The molecule has 2 heterocycles. The Morgan fingerprint density at radius 3 is 2.88 bits per heavy atom. The first-order valence-corrected chi connectivity index (χ1v) is 5.05. The van der Waals surface area contributed by atoms with Gasteiger partial charge in [-0.1, -0.05) is 18.2 Å². The fourth-order valence-corrected chi connectivity index (χ4v) is 1.81. The summed E-state index contributed by atoms with van der Waals surface area (Å²) in [5.41, 5.74) is 1.55. The van der Waals surface area contributed by atoms with Gasteiger partial charge in [-0.05, 0) is 12.1 Å². The Morgan fingerprint density at radius 2 is 2.06 bits per heavy atom. The number of pyridine rings is 1. The minimum atomic E-state index is -0.0156. The highest BCUT2D eigenvalue weighted by Gasteiger charge is 2.20. The van der Waals surface area contributed by atoms with Gasteiger partial charge in [0.15, 0.2) is 0 Å². The maximum Gasteiger partial charge on any atom is 0.252 e. The molecule has 78 valence electrons. The molecule has 4 nitrogen and oxygen atoms in total. The number of hydrogen-bond acceptors (Lipinski definition) is 3. The van der Waals surface area contributed by atoms with Crippen molar-refractivity contribution in [3.8, 4) is 0 Å². The van der Waals surface area contributed by atoms with E-state index in [0.29, 0.717) is 6.42 Å². The second-order valence-corrected chi connectivity index (χ2v) is 3.56. The lowest BCUT2D eigenvalue weighted by molar-refractivity contribution is -0.116. The molecule has 0 N–H and O–H groups in total. The number of rotatable bonds is 1. The van der Waals surface area contributed by atoms with Gasteiger partial charge in [-0.3, -0.25) is 9.78 Å². The summed E-state index contributed by atoms with van der Waals surface area (Å²) in [7, 11) is 0. The summed E-state index contributed by atoms with van der Waals surface area (Å²) in [6.07, 6.45) is 3.70. The lowest BCUT2D eigenvalue weighted by Gasteiger charge is -2.13. The van der Waals surface area contributed by atoms with Gasteiger partial charge in [-0.2, -0.15) is 10.1 Å². The van der Waals surface area contributed by atoms with E-state index in [2.05, 4.69) is 10.1 Å². The van der Waals surface area contributed by atoms with Crippen LogP contribution in [-0.4, -0.2) is 17.1 Å². The smallest absolute Gasteiger partial charge is 0.252 e. The highest BCUT2D eigenvalue weighted by Crippen LogP contribution is 2.26. The quantitative estimate of drug-likeness (QED) is 0.723. The Bertz CT molecular complexity index is 586. The van der Waals surface area contributed by atoms with Crippen molar-refractivity contribution in [1.29, 1.82) is 0 Å². The van der Waals surface area contributed by atoms with Gasteiger partial charge in [0.1, 0.15) is 0 Å². The van der Waals surface area contributed by atoms with Crippen molar-refractivity contribution in [3.63, 3.8) is 0 Å². The molecular formula is C12H9N3O. The monoisotopic (exact) mass is 211 g/mol. The van der Waals surface area contributed by atoms with E-state index in [1.807, 2.05) is 30.3 Å². The summed E-state index contributed by atoms with van der Waals surface area (Å²) >= 11 is 0. The molecule has 1 aliphatic heterocycles. The van der Waals surface area contributed by atoms with Crippen LogP contribution in [0, 0.1) is 0 Å². The Balaban J connectivity index is 2.23. The number of aromatic nitrogens is 1. The number of carbonyl (C=O) groups excluding carboxylic acids is 1. The van der Waals surface area contributed by atoms with E-state index in [9.17, 15) is 4.79 Å². The molecule has 1 amide bonds. The van der Waals surface area contributed by atoms with Crippen LogP contribution in [0.3, 0.4) is 0 Å². The second-order valence-electron chi connectivity index (χ2n) is 3.56. The zero-order chi connectivity index (χ0) is 11.0. The number of anilines is 1. The van der Waals surface area contributed by atoms with Crippen LogP contribution in [-0.2, 0) is 4.79 Å². The molecule has 0 saturated heterocycles. The van der Waals surface area contributed by atoms with E-state index < -0.39 is 0 Å². The van der Waals surface area contributed by atoms with E-state index in [1.54, 1.807) is 12.4 Å². The van der Waals surface area contributed by atoms with E-state index in [-0.39, 0.29) is 5.91 Å². The number of carbonyl (C=O) groups is 1. The molecular weight excluding hydrogens is 202 g/mol. The normalized spacial score (nSPS) is 15.0. The third-order valence-corrected chi connectivity index (χ3v) is 2.54. The minimum Gasteiger partial charge on any atom is -0.272 e. The molecule has 0 bridgehead atoms. The first-order valence-electron chi connectivity index (χ1n) is 5.05. The van der Waals surface area contributed by atoms with E-state index >= 15 is 0 Å². The molecule has 0 saturated carbocycles. The molecule has 2 aromatic rings. The van der Waals surface area contributed by atoms with Crippen LogP contribution < -0.4 is 5.01 Å². The molecule has 0 radical (unpaired) electrons. The number of para-hydroxylation sites is 1. The molecule has 0 aliphatic carbocycles. The van der Waals surface area contributed by atoms with Crippen LogP contribution in [0.25, 0.3) is 10.9 Å². The average Bonchev–Trinajstić information content (AvgIpc) is 2.75. The summed E-state index contributed by atoms with van der Waals surface area (Å²) in [6.45, 7) is 0. The molecule has 4 heteroatoms. The number of hydrazone groups is 1. The first-order chi connectivity index (χ1) is 7.86. The van der Waals surface area contributed by atoms with E-state index in [4.69, 9.17) is 0 Å². The molecule has 1 aliphatic rings. The Hall–Kier alpha value is -2.23. The average molecular weight is 211 g/mol. The third kappa shape index (κ3) is 1.27. The maximum atomic E-state index is 11.6. The molecule has 1 aromatic carbocycles. The minimum absolute atomic E-state index is 0.0156. The van der Waals surface area contributed by atoms with Crippen LogP contribution in [0.15, 0.2) is 41.6 Å². The van der Waals surface area contributed by atoms with Crippen LogP contribution in [0.4, 0.5) is 5.69 Å². The largest absolute Gasteiger partial charge is 0.272 e. The van der Waals surface area contributed by atoms with Crippen LogP contribution >= 0.6 is 0 Å². The number of benzene rings is 1. The predicted octanol–water partition coefficient (Wildman–Crippen LogP) is 1.96. The van der Waals surface area contributed by atoms with Crippen molar-refractivity contribution in [2.45, 2.75) is 6.42 Å². The summed E-state index contributed by atoms with van der Waals surface area (Å²) < 4.78 is 0. The number of hydrogen-bond donors (Lipinski definition) is 0. The van der Waals surface area contributed by atoms with E-state index in [0.717, 1.165) is 16.6 Å². The van der Waals surface area contributed by atoms with Gasteiger partial charge in [-0.15, -0.1) is 0 Å².